The van der Waals surface area contributed by atoms with Crippen LogP contribution >= 0.6 is 11.6 Å². The fourth-order valence-corrected chi connectivity index (χ4v) is 0.819. The van der Waals surface area contributed by atoms with Gasteiger partial charge in [-0.15, -0.1) is 0 Å². The number of pyridine rings is 1. The molecule has 0 fully saturated rings. The largest absolute Gasteiger partial charge is 0.428 e. The predicted molar refractivity (Wildman–Crippen MR) is 45.2 cm³/mol. The van der Waals surface area contributed by atoms with Crippen molar-refractivity contribution in [2.45, 2.75) is 6.11 Å². The third kappa shape index (κ3) is 2.66. The second-order valence-corrected chi connectivity index (χ2v) is 2.79. The molecule has 3 nitrogen and oxygen atoms in total. The third-order valence-corrected chi connectivity index (χ3v) is 1.47. The van der Waals surface area contributed by atoms with Crippen LogP contribution in [0, 0.1) is 0 Å². The Kier molecular flexibility index (Phi) is 3.05. The van der Waals surface area contributed by atoms with E-state index in [-0.39, 0.29) is 10.8 Å². The van der Waals surface area contributed by atoms with E-state index in [1.807, 2.05) is 0 Å². The molecule has 78 valence electrons. The molecule has 0 unspecified atom stereocenters. The molecule has 0 amide bonds. The number of nitrogens with zero attached hydrogens (tertiary/aromatic N) is 1. The van der Waals surface area contributed by atoms with Crippen LogP contribution in [0.5, 0.6) is 5.88 Å². The van der Waals surface area contributed by atoms with Gasteiger partial charge in [-0.25, -0.2) is 4.39 Å². The number of halogens is 4. The Bertz CT molecular complexity index is 335. The summed E-state index contributed by atoms with van der Waals surface area (Å²) in [7, 11) is 0. The van der Waals surface area contributed by atoms with E-state index in [4.69, 9.17) is 17.3 Å². The van der Waals surface area contributed by atoms with E-state index >= 15 is 0 Å². The first-order chi connectivity index (χ1) is 6.44. The van der Waals surface area contributed by atoms with Gasteiger partial charge in [0.25, 0.3) is 0 Å². The lowest BCUT2D eigenvalue weighted by Crippen LogP contribution is -2.27. The van der Waals surface area contributed by atoms with Crippen LogP contribution in [0.4, 0.5) is 18.9 Å². The van der Waals surface area contributed by atoms with E-state index in [9.17, 15) is 13.2 Å². The summed E-state index contributed by atoms with van der Waals surface area (Å²) in [5.74, 6) is -0.583. The molecular formula is C7H6ClF3N2O. The van der Waals surface area contributed by atoms with Crippen molar-refractivity contribution in [3.63, 3.8) is 0 Å². The Morgan fingerprint density at radius 1 is 1.50 bits per heavy atom. The van der Waals surface area contributed by atoms with Crippen molar-refractivity contribution in [3.8, 4) is 5.88 Å². The first kappa shape index (κ1) is 10.9. The summed E-state index contributed by atoms with van der Waals surface area (Å²) in [6.07, 6.45) is -3.94. The minimum Gasteiger partial charge on any atom is -0.410 e. The zero-order valence-electron chi connectivity index (χ0n) is 6.81. The van der Waals surface area contributed by atoms with Crippen molar-refractivity contribution in [3.05, 3.63) is 17.3 Å². The predicted octanol–water partition coefficient (Wildman–Crippen LogP) is 2.26. The SMILES string of the molecule is Nc1ccc(Cl)nc1OC(F)(F)CF. The normalized spacial score (nSPS) is 11.4. The number of ether oxygens (including phenoxy) is 1. The molecule has 1 rings (SSSR count). The molecule has 0 spiro atoms. The molecule has 1 aromatic heterocycles. The lowest BCUT2D eigenvalue weighted by molar-refractivity contribution is -0.188. The quantitative estimate of drug-likeness (QED) is 0.805. The molecule has 0 atom stereocenters. The molecule has 14 heavy (non-hydrogen) atoms. The van der Waals surface area contributed by atoms with Gasteiger partial charge >= 0.3 is 6.11 Å². The monoisotopic (exact) mass is 226 g/mol. The number of nitrogens with two attached hydrogens (primary N) is 1. The lowest BCUT2D eigenvalue weighted by Gasteiger charge is -2.14. The van der Waals surface area contributed by atoms with Gasteiger partial charge in [-0.2, -0.15) is 13.8 Å². The van der Waals surface area contributed by atoms with E-state index < -0.39 is 18.7 Å². The highest BCUT2D eigenvalue weighted by Gasteiger charge is 2.33. The van der Waals surface area contributed by atoms with Gasteiger partial charge in [-0.3, -0.25) is 0 Å². The van der Waals surface area contributed by atoms with Crippen LogP contribution in [0.3, 0.4) is 0 Å². The third-order valence-electron chi connectivity index (χ3n) is 1.26. The molecule has 0 saturated carbocycles. The minimum atomic E-state index is -3.94. The van der Waals surface area contributed by atoms with Crippen LogP contribution in [0.25, 0.3) is 0 Å². The van der Waals surface area contributed by atoms with E-state index in [1.165, 1.54) is 12.1 Å². The summed E-state index contributed by atoms with van der Waals surface area (Å²) in [5.41, 5.74) is 5.11. The van der Waals surface area contributed by atoms with E-state index in [1.54, 1.807) is 0 Å². The molecule has 0 saturated heterocycles. The Morgan fingerprint density at radius 2 is 2.14 bits per heavy atom. The fraction of sp³-hybridized carbons (Fsp3) is 0.286. The van der Waals surface area contributed by atoms with Crippen molar-refractivity contribution in [2.75, 3.05) is 12.4 Å². The number of hydrogen-bond acceptors (Lipinski definition) is 3. The van der Waals surface area contributed by atoms with Crippen LogP contribution in [0.1, 0.15) is 0 Å². The van der Waals surface area contributed by atoms with Gasteiger partial charge in [-0.05, 0) is 12.1 Å². The highest BCUT2D eigenvalue weighted by atomic mass is 35.5. The maximum atomic E-state index is 12.4. The van der Waals surface area contributed by atoms with Crippen LogP contribution in [-0.2, 0) is 0 Å². The molecule has 2 N–H and O–H groups in total. The maximum absolute atomic E-state index is 12.4. The average molecular weight is 227 g/mol. The van der Waals surface area contributed by atoms with Crippen molar-refractivity contribution in [2.24, 2.45) is 0 Å². The number of rotatable bonds is 3. The Morgan fingerprint density at radius 3 is 2.71 bits per heavy atom. The molecule has 7 heteroatoms. The highest BCUT2D eigenvalue weighted by Crippen LogP contribution is 2.26. The van der Waals surface area contributed by atoms with Gasteiger partial charge in [0.15, 0.2) is 6.67 Å². The summed E-state index contributed by atoms with van der Waals surface area (Å²) in [6, 6.07) is 2.54. The van der Waals surface area contributed by atoms with Crippen molar-refractivity contribution in [1.82, 2.24) is 4.98 Å². The number of anilines is 1. The minimum absolute atomic E-state index is 0.0659. The summed E-state index contributed by atoms with van der Waals surface area (Å²) in [4.78, 5) is 3.38. The molecule has 0 aliphatic carbocycles. The Hall–Kier alpha value is -1.17. The van der Waals surface area contributed by atoms with Gasteiger partial charge in [0.05, 0.1) is 5.69 Å². The summed E-state index contributed by atoms with van der Waals surface area (Å²) < 4.78 is 40.5. The number of alkyl halides is 3. The standard InChI is InChI=1S/C7H6ClF3N2O/c8-5-2-1-4(12)6(13-5)14-7(10,11)3-9/h1-2H,3,12H2. The second-order valence-electron chi connectivity index (χ2n) is 2.40. The summed E-state index contributed by atoms with van der Waals surface area (Å²) in [6.45, 7) is -1.96. The first-order valence-electron chi connectivity index (χ1n) is 3.49. The van der Waals surface area contributed by atoms with Gasteiger partial charge in [0, 0.05) is 0 Å². The topological polar surface area (TPSA) is 48.1 Å². The van der Waals surface area contributed by atoms with Crippen molar-refractivity contribution in [1.29, 1.82) is 0 Å². The number of aromatic nitrogens is 1. The zero-order chi connectivity index (χ0) is 10.8. The molecule has 0 bridgehead atoms. The number of hydrogen-bond donors (Lipinski definition) is 1. The van der Waals surface area contributed by atoms with Gasteiger partial charge < -0.3 is 10.5 Å². The first-order valence-corrected chi connectivity index (χ1v) is 3.87. The highest BCUT2D eigenvalue weighted by molar-refractivity contribution is 6.29. The molecular weight excluding hydrogens is 221 g/mol. The van der Waals surface area contributed by atoms with Gasteiger partial charge in [-0.1, -0.05) is 11.6 Å². The van der Waals surface area contributed by atoms with Crippen LogP contribution in [0.2, 0.25) is 5.15 Å². The van der Waals surface area contributed by atoms with Crippen molar-refractivity contribution >= 4 is 17.3 Å². The zero-order valence-corrected chi connectivity index (χ0v) is 7.56. The summed E-state index contributed by atoms with van der Waals surface area (Å²) in [5, 5.41) is -0.0659. The molecule has 0 aliphatic rings. The Labute approximate surface area is 82.6 Å². The second kappa shape index (κ2) is 3.91. The van der Waals surface area contributed by atoms with Crippen LogP contribution in [-0.4, -0.2) is 17.8 Å². The lowest BCUT2D eigenvalue weighted by atomic mass is 10.4. The van der Waals surface area contributed by atoms with Crippen LogP contribution in [0.15, 0.2) is 12.1 Å². The molecule has 0 radical (unpaired) electrons. The van der Waals surface area contributed by atoms with Crippen LogP contribution < -0.4 is 10.5 Å². The van der Waals surface area contributed by atoms with Gasteiger partial charge in [0.1, 0.15) is 5.15 Å². The van der Waals surface area contributed by atoms with Gasteiger partial charge in [0.2, 0.25) is 5.88 Å². The summed E-state index contributed by atoms with van der Waals surface area (Å²) >= 11 is 5.40. The molecule has 1 heterocycles. The van der Waals surface area contributed by atoms with Crippen molar-refractivity contribution < 1.29 is 17.9 Å². The maximum Gasteiger partial charge on any atom is 0.428 e. The van der Waals surface area contributed by atoms with E-state index in [0.717, 1.165) is 0 Å². The Balaban J connectivity index is 2.91. The number of nitrogen functional groups attached to an aromatic ring is 1. The van der Waals surface area contributed by atoms with E-state index in [0.29, 0.717) is 0 Å². The fourth-order valence-electron chi connectivity index (χ4n) is 0.679. The van der Waals surface area contributed by atoms with E-state index in [2.05, 4.69) is 9.72 Å². The molecule has 0 aromatic carbocycles. The molecule has 1 aromatic rings. The average Bonchev–Trinajstić information content (AvgIpc) is 2.11. The molecule has 0 aliphatic heterocycles. The smallest absolute Gasteiger partial charge is 0.410 e.